The number of aromatic hydroxyl groups is 1. The lowest BCUT2D eigenvalue weighted by atomic mass is 10.1. The normalized spacial score (nSPS) is 10.2. The predicted octanol–water partition coefficient (Wildman–Crippen LogP) is 2.62. The molecule has 2 aromatic rings. The Morgan fingerprint density at radius 2 is 1.76 bits per heavy atom. The van der Waals surface area contributed by atoms with Crippen molar-refractivity contribution in [3.8, 4) is 5.75 Å². The highest BCUT2D eigenvalue weighted by Gasteiger charge is 2.17. The van der Waals surface area contributed by atoms with Crippen LogP contribution in [0.1, 0.15) is 20.7 Å². The minimum Gasteiger partial charge on any atom is -0.505 e. The molecule has 1 amide bonds. The molecule has 0 saturated heterocycles. The van der Waals surface area contributed by atoms with E-state index in [1.165, 1.54) is 12.1 Å². The third-order valence-electron chi connectivity index (χ3n) is 2.69. The van der Waals surface area contributed by atoms with Crippen LogP contribution in [0.4, 0.5) is 14.5 Å². The molecule has 0 unspecified atom stereocenters. The van der Waals surface area contributed by atoms with Gasteiger partial charge in [-0.25, -0.2) is 13.6 Å². The van der Waals surface area contributed by atoms with Crippen LogP contribution >= 0.6 is 0 Å². The number of hydrogen-bond acceptors (Lipinski definition) is 3. The summed E-state index contributed by atoms with van der Waals surface area (Å²) in [5.41, 5.74) is -1.20. The number of aromatic carboxylic acids is 1. The van der Waals surface area contributed by atoms with Crippen molar-refractivity contribution in [2.45, 2.75) is 0 Å². The van der Waals surface area contributed by atoms with Gasteiger partial charge in [-0.15, -0.1) is 0 Å². The summed E-state index contributed by atoms with van der Waals surface area (Å²) in [6.07, 6.45) is 0. The molecule has 0 spiro atoms. The van der Waals surface area contributed by atoms with Crippen LogP contribution in [0.2, 0.25) is 0 Å². The van der Waals surface area contributed by atoms with E-state index in [0.29, 0.717) is 6.07 Å². The standard InChI is InChI=1S/C14H9F2NO4/c15-7-4-5-10(16)9(6-7)13(19)17-11-3-1-2-8(12(11)18)14(20)21/h1-6,18H,(H,17,19)(H,20,21). The number of carbonyl (C=O) groups is 2. The number of anilines is 1. The molecule has 0 aliphatic rings. The van der Waals surface area contributed by atoms with E-state index >= 15 is 0 Å². The summed E-state index contributed by atoms with van der Waals surface area (Å²) in [6.45, 7) is 0. The second-order valence-corrected chi connectivity index (χ2v) is 4.09. The average molecular weight is 293 g/mol. The van der Waals surface area contributed by atoms with Crippen LogP contribution in [0.5, 0.6) is 5.75 Å². The quantitative estimate of drug-likeness (QED) is 0.759. The van der Waals surface area contributed by atoms with Crippen molar-refractivity contribution in [3.63, 3.8) is 0 Å². The number of benzene rings is 2. The lowest BCUT2D eigenvalue weighted by Crippen LogP contribution is -2.14. The molecular formula is C14H9F2NO4. The van der Waals surface area contributed by atoms with Gasteiger partial charge in [-0.05, 0) is 30.3 Å². The first-order valence-electron chi connectivity index (χ1n) is 5.72. The van der Waals surface area contributed by atoms with E-state index in [1.807, 2.05) is 0 Å². The first kappa shape index (κ1) is 14.4. The Morgan fingerprint density at radius 3 is 2.43 bits per heavy atom. The zero-order valence-corrected chi connectivity index (χ0v) is 10.4. The third-order valence-corrected chi connectivity index (χ3v) is 2.69. The van der Waals surface area contributed by atoms with Gasteiger partial charge in [0, 0.05) is 0 Å². The number of halogens is 2. The summed E-state index contributed by atoms with van der Waals surface area (Å²) >= 11 is 0. The predicted molar refractivity (Wildman–Crippen MR) is 69.4 cm³/mol. The number of phenols is 1. The van der Waals surface area contributed by atoms with Crippen LogP contribution in [-0.4, -0.2) is 22.1 Å². The van der Waals surface area contributed by atoms with Gasteiger partial charge in [-0.1, -0.05) is 6.07 Å². The molecule has 7 heteroatoms. The zero-order chi connectivity index (χ0) is 15.6. The molecule has 108 valence electrons. The van der Waals surface area contributed by atoms with Crippen molar-refractivity contribution in [1.29, 1.82) is 0 Å². The number of carbonyl (C=O) groups excluding carboxylic acids is 1. The van der Waals surface area contributed by atoms with Crippen LogP contribution in [0.15, 0.2) is 36.4 Å². The molecule has 0 bridgehead atoms. The maximum absolute atomic E-state index is 13.4. The van der Waals surface area contributed by atoms with Gasteiger partial charge >= 0.3 is 5.97 Å². The van der Waals surface area contributed by atoms with E-state index in [1.54, 1.807) is 0 Å². The Bertz CT molecular complexity index is 731. The summed E-state index contributed by atoms with van der Waals surface area (Å²) < 4.78 is 26.5. The Morgan fingerprint density at radius 1 is 1.05 bits per heavy atom. The first-order valence-corrected chi connectivity index (χ1v) is 5.72. The lowest BCUT2D eigenvalue weighted by molar-refractivity contribution is 0.0693. The Balaban J connectivity index is 2.34. The highest BCUT2D eigenvalue weighted by atomic mass is 19.1. The monoisotopic (exact) mass is 293 g/mol. The summed E-state index contributed by atoms with van der Waals surface area (Å²) in [5.74, 6) is -4.81. The summed E-state index contributed by atoms with van der Waals surface area (Å²) in [5, 5.41) is 20.7. The van der Waals surface area contributed by atoms with Crippen LogP contribution in [-0.2, 0) is 0 Å². The number of rotatable bonds is 3. The van der Waals surface area contributed by atoms with Gasteiger partial charge in [0.25, 0.3) is 5.91 Å². The van der Waals surface area contributed by atoms with Gasteiger partial charge in [-0.2, -0.15) is 0 Å². The van der Waals surface area contributed by atoms with Crippen LogP contribution in [0, 0.1) is 11.6 Å². The Hall–Kier alpha value is -2.96. The van der Waals surface area contributed by atoms with Gasteiger partial charge < -0.3 is 15.5 Å². The van der Waals surface area contributed by atoms with Gasteiger partial charge in [0.05, 0.1) is 11.3 Å². The summed E-state index contributed by atoms with van der Waals surface area (Å²) in [6, 6.07) is 6.00. The molecule has 0 saturated carbocycles. The van der Waals surface area contributed by atoms with Crippen molar-refractivity contribution in [2.24, 2.45) is 0 Å². The molecular weight excluding hydrogens is 284 g/mol. The maximum atomic E-state index is 13.4. The fourth-order valence-electron chi connectivity index (χ4n) is 1.68. The molecule has 0 aromatic heterocycles. The number of carboxylic acid groups (broad SMARTS) is 1. The number of para-hydroxylation sites is 1. The molecule has 0 aliphatic carbocycles. The minimum absolute atomic E-state index is 0.219. The molecule has 0 aliphatic heterocycles. The largest absolute Gasteiger partial charge is 0.505 e. The van der Waals surface area contributed by atoms with E-state index in [4.69, 9.17) is 5.11 Å². The highest BCUT2D eigenvalue weighted by Crippen LogP contribution is 2.28. The Labute approximate surface area is 117 Å². The van der Waals surface area contributed by atoms with Crippen molar-refractivity contribution >= 4 is 17.6 Å². The smallest absolute Gasteiger partial charge is 0.339 e. The van der Waals surface area contributed by atoms with E-state index in [0.717, 1.165) is 18.2 Å². The highest BCUT2D eigenvalue weighted by molar-refractivity contribution is 6.06. The van der Waals surface area contributed by atoms with E-state index in [2.05, 4.69) is 5.32 Å². The first-order chi connectivity index (χ1) is 9.90. The number of carboxylic acids is 1. The number of amides is 1. The molecule has 0 atom stereocenters. The topological polar surface area (TPSA) is 86.6 Å². The van der Waals surface area contributed by atoms with Crippen molar-refractivity contribution in [3.05, 3.63) is 59.2 Å². The number of hydrogen-bond donors (Lipinski definition) is 3. The minimum atomic E-state index is -1.39. The van der Waals surface area contributed by atoms with Crippen molar-refractivity contribution < 1.29 is 28.6 Å². The van der Waals surface area contributed by atoms with Crippen LogP contribution < -0.4 is 5.32 Å². The van der Waals surface area contributed by atoms with Crippen molar-refractivity contribution in [2.75, 3.05) is 5.32 Å². The molecule has 2 rings (SSSR count). The Kier molecular flexibility index (Phi) is 3.84. The van der Waals surface area contributed by atoms with Crippen molar-refractivity contribution in [1.82, 2.24) is 0 Å². The summed E-state index contributed by atoms with van der Waals surface area (Å²) in [7, 11) is 0. The summed E-state index contributed by atoms with van der Waals surface area (Å²) in [4.78, 5) is 22.7. The van der Waals surface area contributed by atoms with Gasteiger partial charge in [-0.3, -0.25) is 4.79 Å². The van der Waals surface area contributed by atoms with Gasteiger partial charge in [0.15, 0.2) is 5.75 Å². The fourth-order valence-corrected chi connectivity index (χ4v) is 1.68. The van der Waals surface area contributed by atoms with Gasteiger partial charge in [0.2, 0.25) is 0 Å². The van der Waals surface area contributed by atoms with Crippen LogP contribution in [0.3, 0.4) is 0 Å². The fraction of sp³-hybridized carbons (Fsp3) is 0. The van der Waals surface area contributed by atoms with Gasteiger partial charge in [0.1, 0.15) is 17.2 Å². The second-order valence-electron chi connectivity index (χ2n) is 4.09. The molecule has 21 heavy (non-hydrogen) atoms. The molecule has 0 fully saturated rings. The lowest BCUT2D eigenvalue weighted by Gasteiger charge is -2.09. The van der Waals surface area contributed by atoms with E-state index in [9.17, 15) is 23.5 Å². The zero-order valence-electron chi connectivity index (χ0n) is 10.4. The average Bonchev–Trinajstić information content (AvgIpc) is 2.43. The molecule has 5 nitrogen and oxygen atoms in total. The van der Waals surface area contributed by atoms with E-state index < -0.39 is 40.4 Å². The SMILES string of the molecule is O=C(Nc1cccc(C(=O)O)c1O)c1cc(F)ccc1F. The van der Waals surface area contributed by atoms with Crippen LogP contribution in [0.25, 0.3) is 0 Å². The maximum Gasteiger partial charge on any atom is 0.339 e. The molecule has 3 N–H and O–H groups in total. The van der Waals surface area contributed by atoms with E-state index in [-0.39, 0.29) is 5.69 Å². The molecule has 0 heterocycles. The molecule has 2 aromatic carbocycles. The number of nitrogens with one attached hydrogen (secondary N) is 1. The molecule has 0 radical (unpaired) electrons. The third kappa shape index (κ3) is 2.97. The second kappa shape index (κ2) is 5.58.